The van der Waals surface area contributed by atoms with Gasteiger partial charge in [0.1, 0.15) is 0 Å². The van der Waals surface area contributed by atoms with Gasteiger partial charge in [-0.2, -0.15) is 0 Å². The van der Waals surface area contributed by atoms with Crippen LogP contribution in [0.4, 0.5) is 0 Å². The van der Waals surface area contributed by atoms with Gasteiger partial charge in [-0.3, -0.25) is 4.79 Å². The van der Waals surface area contributed by atoms with Crippen LogP contribution in [-0.2, 0) is 16.1 Å². The minimum atomic E-state index is -0.655. The predicted molar refractivity (Wildman–Crippen MR) is 68.5 cm³/mol. The Labute approximate surface area is 112 Å². The van der Waals surface area contributed by atoms with Gasteiger partial charge < -0.3 is 14.2 Å². The minimum Gasteiger partial charge on any atom is -0.378 e. The van der Waals surface area contributed by atoms with Gasteiger partial charge in [-0.05, 0) is 6.42 Å². The molecule has 6 heteroatoms. The number of aromatic nitrogens is 2. The summed E-state index contributed by atoms with van der Waals surface area (Å²) >= 11 is 6.28. The summed E-state index contributed by atoms with van der Waals surface area (Å²) in [7, 11) is 0. The smallest absolute Gasteiger partial charge is 0.246 e. The first kappa shape index (κ1) is 13.4. The topological polar surface area (TPSA) is 47.4 Å². The van der Waals surface area contributed by atoms with Gasteiger partial charge in [0.2, 0.25) is 5.91 Å². The molecule has 1 amide bonds. The van der Waals surface area contributed by atoms with E-state index >= 15 is 0 Å². The summed E-state index contributed by atoms with van der Waals surface area (Å²) in [5, 5.41) is -0.655. The summed E-state index contributed by atoms with van der Waals surface area (Å²) in [5.41, 5.74) is 0.773. The molecule has 2 heterocycles. The van der Waals surface area contributed by atoms with Crippen molar-refractivity contribution in [2.24, 2.45) is 0 Å². The SMILES string of the molecule is CCCn1cncc1C(Cl)C(=O)N1CCOCC1. The third-order valence-electron chi connectivity index (χ3n) is 3.01. The van der Waals surface area contributed by atoms with E-state index in [0.717, 1.165) is 18.7 Å². The van der Waals surface area contributed by atoms with Crippen LogP contribution in [0.25, 0.3) is 0 Å². The van der Waals surface area contributed by atoms with Gasteiger partial charge >= 0.3 is 0 Å². The molecule has 1 atom stereocenters. The Morgan fingerprint density at radius 3 is 2.94 bits per heavy atom. The average Bonchev–Trinajstić information content (AvgIpc) is 2.87. The summed E-state index contributed by atoms with van der Waals surface area (Å²) in [6, 6.07) is 0. The van der Waals surface area contributed by atoms with Crippen molar-refractivity contribution in [2.45, 2.75) is 25.3 Å². The van der Waals surface area contributed by atoms with Crippen LogP contribution in [0.3, 0.4) is 0 Å². The molecule has 0 bridgehead atoms. The van der Waals surface area contributed by atoms with Crippen molar-refractivity contribution in [2.75, 3.05) is 26.3 Å². The minimum absolute atomic E-state index is 0.0576. The van der Waals surface area contributed by atoms with E-state index < -0.39 is 5.38 Å². The van der Waals surface area contributed by atoms with E-state index in [2.05, 4.69) is 11.9 Å². The Morgan fingerprint density at radius 1 is 1.56 bits per heavy atom. The Bertz CT molecular complexity index is 402. The highest BCUT2D eigenvalue weighted by molar-refractivity contribution is 6.30. The number of halogens is 1. The third-order valence-corrected chi connectivity index (χ3v) is 3.42. The van der Waals surface area contributed by atoms with Crippen LogP contribution in [0.5, 0.6) is 0 Å². The normalized spacial score (nSPS) is 17.8. The van der Waals surface area contributed by atoms with Gasteiger partial charge in [-0.25, -0.2) is 4.98 Å². The first-order chi connectivity index (χ1) is 8.74. The van der Waals surface area contributed by atoms with Crippen LogP contribution in [0, 0.1) is 0 Å². The van der Waals surface area contributed by atoms with Crippen molar-refractivity contribution in [3.05, 3.63) is 18.2 Å². The molecule has 18 heavy (non-hydrogen) atoms. The molecule has 100 valence electrons. The molecule has 0 spiro atoms. The van der Waals surface area contributed by atoms with Gasteiger partial charge in [0.05, 0.1) is 31.4 Å². The van der Waals surface area contributed by atoms with Crippen molar-refractivity contribution in [1.82, 2.24) is 14.5 Å². The van der Waals surface area contributed by atoms with Crippen molar-refractivity contribution in [3.63, 3.8) is 0 Å². The zero-order chi connectivity index (χ0) is 13.0. The maximum atomic E-state index is 12.3. The highest BCUT2D eigenvalue weighted by Gasteiger charge is 2.27. The molecule has 1 unspecified atom stereocenters. The molecule has 0 aliphatic carbocycles. The number of nitrogens with zero attached hydrogens (tertiary/aromatic N) is 3. The number of amides is 1. The van der Waals surface area contributed by atoms with Crippen molar-refractivity contribution < 1.29 is 9.53 Å². The molecule has 1 aromatic heterocycles. The molecule has 5 nitrogen and oxygen atoms in total. The van der Waals surface area contributed by atoms with E-state index in [1.807, 2.05) is 4.57 Å². The average molecular weight is 272 g/mol. The van der Waals surface area contributed by atoms with Gasteiger partial charge in [0, 0.05) is 19.6 Å². The van der Waals surface area contributed by atoms with Crippen LogP contribution in [0.1, 0.15) is 24.4 Å². The molecule has 0 radical (unpaired) electrons. The zero-order valence-corrected chi connectivity index (χ0v) is 11.3. The van der Waals surface area contributed by atoms with Crippen LogP contribution < -0.4 is 0 Å². The van der Waals surface area contributed by atoms with Crippen LogP contribution >= 0.6 is 11.6 Å². The van der Waals surface area contributed by atoms with E-state index in [9.17, 15) is 4.79 Å². The van der Waals surface area contributed by atoms with Crippen LogP contribution in [-0.4, -0.2) is 46.7 Å². The fourth-order valence-electron chi connectivity index (χ4n) is 2.04. The van der Waals surface area contributed by atoms with E-state index in [0.29, 0.717) is 26.3 Å². The maximum absolute atomic E-state index is 12.3. The zero-order valence-electron chi connectivity index (χ0n) is 10.5. The predicted octanol–water partition coefficient (Wildman–Crippen LogP) is 1.43. The second kappa shape index (κ2) is 6.20. The first-order valence-corrected chi connectivity index (χ1v) is 6.68. The lowest BCUT2D eigenvalue weighted by molar-refractivity contribution is -0.135. The summed E-state index contributed by atoms with van der Waals surface area (Å²) in [6.45, 7) is 5.31. The Kier molecular flexibility index (Phi) is 4.60. The molecule has 2 rings (SSSR count). The lowest BCUT2D eigenvalue weighted by Crippen LogP contribution is -2.42. The number of hydrogen-bond donors (Lipinski definition) is 0. The van der Waals surface area contributed by atoms with E-state index in [1.165, 1.54) is 0 Å². The highest BCUT2D eigenvalue weighted by Crippen LogP contribution is 2.23. The quantitative estimate of drug-likeness (QED) is 0.779. The number of morpholine rings is 1. The Balaban J connectivity index is 2.07. The second-order valence-corrected chi connectivity index (χ2v) is 4.75. The molecule has 0 N–H and O–H groups in total. The molecule has 0 aromatic carbocycles. The van der Waals surface area contributed by atoms with Crippen molar-refractivity contribution in [1.29, 1.82) is 0 Å². The van der Waals surface area contributed by atoms with Gasteiger partial charge in [-0.15, -0.1) is 11.6 Å². The summed E-state index contributed by atoms with van der Waals surface area (Å²) in [4.78, 5) is 18.1. The van der Waals surface area contributed by atoms with Crippen molar-refractivity contribution >= 4 is 17.5 Å². The number of alkyl halides is 1. The molecule has 1 aliphatic heterocycles. The Hall–Kier alpha value is -1.07. The molecule has 1 aromatic rings. The Morgan fingerprint density at radius 2 is 2.28 bits per heavy atom. The molecule has 1 aliphatic rings. The number of aryl methyl sites for hydroxylation is 1. The first-order valence-electron chi connectivity index (χ1n) is 6.24. The lowest BCUT2D eigenvalue weighted by Gasteiger charge is -2.28. The number of carbonyl (C=O) groups is 1. The number of ether oxygens (including phenoxy) is 1. The largest absolute Gasteiger partial charge is 0.378 e. The molecular weight excluding hydrogens is 254 g/mol. The fraction of sp³-hybridized carbons (Fsp3) is 0.667. The van der Waals surface area contributed by atoms with Crippen LogP contribution in [0.2, 0.25) is 0 Å². The molecule has 1 saturated heterocycles. The van der Waals surface area contributed by atoms with Gasteiger partial charge in [0.25, 0.3) is 0 Å². The summed E-state index contributed by atoms with van der Waals surface area (Å²) < 4.78 is 7.17. The van der Waals surface area contributed by atoms with E-state index in [-0.39, 0.29) is 5.91 Å². The molecule has 0 saturated carbocycles. The number of rotatable bonds is 4. The molecule has 1 fully saturated rings. The lowest BCUT2D eigenvalue weighted by atomic mass is 10.2. The maximum Gasteiger partial charge on any atom is 0.246 e. The van der Waals surface area contributed by atoms with Gasteiger partial charge in [0.15, 0.2) is 5.38 Å². The third kappa shape index (κ3) is 2.84. The molecular formula is C12H18ClN3O2. The second-order valence-electron chi connectivity index (χ2n) is 4.31. The van der Waals surface area contributed by atoms with Crippen LogP contribution in [0.15, 0.2) is 12.5 Å². The monoisotopic (exact) mass is 271 g/mol. The number of carbonyl (C=O) groups excluding carboxylic acids is 1. The summed E-state index contributed by atoms with van der Waals surface area (Å²) in [6.07, 6.45) is 4.38. The standard InChI is InChI=1S/C12H18ClN3O2/c1-2-3-16-9-14-8-10(16)11(13)12(17)15-4-6-18-7-5-15/h8-9,11H,2-7H2,1H3. The fourth-order valence-corrected chi connectivity index (χ4v) is 2.36. The summed E-state index contributed by atoms with van der Waals surface area (Å²) in [5.74, 6) is -0.0576. The highest BCUT2D eigenvalue weighted by atomic mass is 35.5. The van der Waals surface area contributed by atoms with E-state index in [4.69, 9.17) is 16.3 Å². The van der Waals surface area contributed by atoms with Crippen molar-refractivity contribution in [3.8, 4) is 0 Å². The van der Waals surface area contributed by atoms with Gasteiger partial charge in [-0.1, -0.05) is 6.92 Å². The number of imidazole rings is 1. The number of hydrogen-bond acceptors (Lipinski definition) is 3. The van der Waals surface area contributed by atoms with E-state index in [1.54, 1.807) is 17.4 Å².